The molecule has 2 atom stereocenters. The molecule has 0 aromatic heterocycles. The van der Waals surface area contributed by atoms with Crippen molar-refractivity contribution in [1.29, 1.82) is 0 Å². The van der Waals surface area contributed by atoms with Crippen LogP contribution in [0.3, 0.4) is 0 Å². The van der Waals surface area contributed by atoms with Crippen molar-refractivity contribution in [2.45, 2.75) is 45.3 Å². The van der Waals surface area contributed by atoms with Crippen LogP contribution in [0.4, 0.5) is 5.69 Å². The van der Waals surface area contributed by atoms with Crippen LogP contribution >= 0.6 is 0 Å². The molecular weight excluding hydrogens is 252 g/mol. The number of amides is 1. The third-order valence-corrected chi connectivity index (χ3v) is 3.76. The summed E-state index contributed by atoms with van der Waals surface area (Å²) in [5, 5.41) is 16.0. The van der Waals surface area contributed by atoms with Gasteiger partial charge < -0.3 is 15.7 Å². The van der Waals surface area contributed by atoms with Gasteiger partial charge in [0.05, 0.1) is 11.7 Å². The Hall–Kier alpha value is -1.55. The summed E-state index contributed by atoms with van der Waals surface area (Å²) in [6.45, 7) is 4.64. The number of benzene rings is 1. The van der Waals surface area contributed by atoms with Crippen LogP contribution in [-0.2, 0) is 0 Å². The van der Waals surface area contributed by atoms with Gasteiger partial charge in [-0.15, -0.1) is 0 Å². The third kappa shape index (κ3) is 3.73. The van der Waals surface area contributed by atoms with E-state index in [9.17, 15) is 9.90 Å². The van der Waals surface area contributed by atoms with Crippen LogP contribution in [0.1, 0.15) is 43.5 Å². The van der Waals surface area contributed by atoms with E-state index in [0.29, 0.717) is 12.1 Å². The molecular formula is C16H24N2O2. The lowest BCUT2D eigenvalue weighted by molar-refractivity contribution is 0.0917. The molecule has 1 saturated carbocycles. The number of carbonyl (C=O) groups excluding carboxylic acids is 1. The monoisotopic (exact) mass is 276 g/mol. The second-order valence-corrected chi connectivity index (χ2v) is 5.81. The standard InChI is InChI=1S/C16H24N2O2/c1-11(2)18-14-8-4-3-7-13(14)16(20)17-10-12-6-5-9-15(12)19/h3-4,7-8,11-12,15,18-19H,5-6,9-10H2,1-2H3,(H,17,20). The average Bonchev–Trinajstić information content (AvgIpc) is 2.81. The number of para-hydroxylation sites is 1. The average molecular weight is 276 g/mol. The fourth-order valence-electron chi connectivity index (χ4n) is 2.69. The molecule has 20 heavy (non-hydrogen) atoms. The molecule has 0 bridgehead atoms. The highest BCUT2D eigenvalue weighted by Crippen LogP contribution is 2.25. The molecule has 0 heterocycles. The number of hydrogen-bond donors (Lipinski definition) is 3. The van der Waals surface area contributed by atoms with Crippen LogP contribution < -0.4 is 10.6 Å². The Morgan fingerprint density at radius 2 is 2.10 bits per heavy atom. The fourth-order valence-corrected chi connectivity index (χ4v) is 2.69. The maximum atomic E-state index is 12.3. The second-order valence-electron chi connectivity index (χ2n) is 5.81. The molecule has 0 aliphatic heterocycles. The van der Waals surface area contributed by atoms with Crippen molar-refractivity contribution in [3.63, 3.8) is 0 Å². The maximum absolute atomic E-state index is 12.3. The summed E-state index contributed by atoms with van der Waals surface area (Å²) in [4.78, 5) is 12.3. The lowest BCUT2D eigenvalue weighted by atomic mass is 10.1. The number of anilines is 1. The summed E-state index contributed by atoms with van der Waals surface area (Å²) in [5.41, 5.74) is 1.51. The van der Waals surface area contributed by atoms with E-state index in [2.05, 4.69) is 10.6 Å². The Balaban J connectivity index is 1.98. The maximum Gasteiger partial charge on any atom is 0.253 e. The minimum Gasteiger partial charge on any atom is -0.393 e. The van der Waals surface area contributed by atoms with E-state index in [1.54, 1.807) is 0 Å². The molecule has 2 unspecified atom stereocenters. The smallest absolute Gasteiger partial charge is 0.253 e. The predicted molar refractivity (Wildman–Crippen MR) is 80.9 cm³/mol. The molecule has 0 spiro atoms. The van der Waals surface area contributed by atoms with Gasteiger partial charge in [-0.05, 0) is 38.8 Å². The molecule has 2 rings (SSSR count). The summed E-state index contributed by atoms with van der Waals surface area (Å²) in [7, 11) is 0. The van der Waals surface area contributed by atoms with E-state index in [0.717, 1.165) is 24.9 Å². The van der Waals surface area contributed by atoms with Crippen molar-refractivity contribution in [1.82, 2.24) is 5.32 Å². The van der Waals surface area contributed by atoms with Crippen molar-refractivity contribution >= 4 is 11.6 Å². The lowest BCUT2D eigenvalue weighted by Crippen LogP contribution is -2.33. The highest BCUT2D eigenvalue weighted by atomic mass is 16.3. The van der Waals surface area contributed by atoms with E-state index < -0.39 is 0 Å². The van der Waals surface area contributed by atoms with E-state index in [1.165, 1.54) is 0 Å². The molecule has 110 valence electrons. The first kappa shape index (κ1) is 14.9. The van der Waals surface area contributed by atoms with E-state index in [-0.39, 0.29) is 24.0 Å². The Labute approximate surface area is 120 Å². The quantitative estimate of drug-likeness (QED) is 0.774. The number of nitrogens with one attached hydrogen (secondary N) is 2. The van der Waals surface area contributed by atoms with Crippen LogP contribution in [0, 0.1) is 5.92 Å². The molecule has 0 radical (unpaired) electrons. The van der Waals surface area contributed by atoms with Crippen molar-refractivity contribution in [2.24, 2.45) is 5.92 Å². The van der Waals surface area contributed by atoms with Crippen LogP contribution in [0.15, 0.2) is 24.3 Å². The second kappa shape index (κ2) is 6.75. The van der Waals surface area contributed by atoms with Gasteiger partial charge in [0.25, 0.3) is 5.91 Å². The van der Waals surface area contributed by atoms with Gasteiger partial charge in [0.15, 0.2) is 0 Å². The van der Waals surface area contributed by atoms with Crippen LogP contribution in [-0.4, -0.2) is 29.7 Å². The number of aliphatic hydroxyl groups excluding tert-OH is 1. The van der Waals surface area contributed by atoms with Gasteiger partial charge in [-0.1, -0.05) is 18.6 Å². The first-order valence-electron chi connectivity index (χ1n) is 7.39. The molecule has 1 amide bonds. The minimum atomic E-state index is -0.265. The molecule has 3 N–H and O–H groups in total. The Morgan fingerprint density at radius 1 is 1.35 bits per heavy atom. The largest absolute Gasteiger partial charge is 0.393 e. The summed E-state index contributed by atoms with van der Waals surface area (Å²) < 4.78 is 0. The van der Waals surface area contributed by atoms with Crippen LogP contribution in [0.2, 0.25) is 0 Å². The number of hydrogen-bond acceptors (Lipinski definition) is 3. The van der Waals surface area contributed by atoms with Gasteiger partial charge in [-0.25, -0.2) is 0 Å². The number of rotatable bonds is 5. The highest BCUT2D eigenvalue weighted by Gasteiger charge is 2.25. The molecule has 0 saturated heterocycles. The first-order valence-corrected chi connectivity index (χ1v) is 7.39. The SMILES string of the molecule is CC(C)Nc1ccccc1C(=O)NCC1CCCC1O. The highest BCUT2D eigenvalue weighted by molar-refractivity contribution is 5.99. The minimum absolute atomic E-state index is 0.0761. The first-order chi connectivity index (χ1) is 9.58. The Bertz CT molecular complexity index is 460. The lowest BCUT2D eigenvalue weighted by Gasteiger charge is -2.17. The number of carbonyl (C=O) groups is 1. The van der Waals surface area contributed by atoms with Crippen molar-refractivity contribution in [2.75, 3.05) is 11.9 Å². The molecule has 4 heteroatoms. The zero-order valence-electron chi connectivity index (χ0n) is 12.2. The fraction of sp³-hybridized carbons (Fsp3) is 0.562. The summed E-state index contributed by atoms with van der Waals surface area (Å²) in [6, 6.07) is 7.80. The zero-order chi connectivity index (χ0) is 14.5. The van der Waals surface area contributed by atoms with Gasteiger partial charge in [-0.3, -0.25) is 4.79 Å². The third-order valence-electron chi connectivity index (χ3n) is 3.76. The van der Waals surface area contributed by atoms with Crippen molar-refractivity contribution in [3.8, 4) is 0 Å². The molecule has 1 aliphatic carbocycles. The van der Waals surface area contributed by atoms with Gasteiger partial charge in [0.2, 0.25) is 0 Å². The molecule has 1 aromatic carbocycles. The van der Waals surface area contributed by atoms with Gasteiger partial charge in [-0.2, -0.15) is 0 Å². The van der Waals surface area contributed by atoms with E-state index in [4.69, 9.17) is 0 Å². The van der Waals surface area contributed by atoms with E-state index in [1.807, 2.05) is 38.1 Å². The normalized spacial score (nSPS) is 22.0. The predicted octanol–water partition coefficient (Wildman–Crippen LogP) is 2.40. The molecule has 1 aromatic rings. The van der Waals surface area contributed by atoms with Gasteiger partial charge in [0, 0.05) is 24.2 Å². The van der Waals surface area contributed by atoms with Crippen molar-refractivity contribution < 1.29 is 9.90 Å². The van der Waals surface area contributed by atoms with Crippen molar-refractivity contribution in [3.05, 3.63) is 29.8 Å². The number of aliphatic hydroxyl groups is 1. The summed E-state index contributed by atoms with van der Waals surface area (Å²) >= 11 is 0. The molecule has 1 fully saturated rings. The van der Waals surface area contributed by atoms with Gasteiger partial charge >= 0.3 is 0 Å². The summed E-state index contributed by atoms with van der Waals surface area (Å²) in [6.07, 6.45) is 2.63. The van der Waals surface area contributed by atoms with Gasteiger partial charge in [0.1, 0.15) is 0 Å². The molecule has 4 nitrogen and oxygen atoms in total. The van der Waals surface area contributed by atoms with Crippen LogP contribution in [0.25, 0.3) is 0 Å². The zero-order valence-corrected chi connectivity index (χ0v) is 12.2. The van der Waals surface area contributed by atoms with E-state index >= 15 is 0 Å². The topological polar surface area (TPSA) is 61.4 Å². The van der Waals surface area contributed by atoms with Crippen LogP contribution in [0.5, 0.6) is 0 Å². The summed E-state index contributed by atoms with van der Waals surface area (Å²) in [5.74, 6) is 0.122. The molecule has 1 aliphatic rings. The Kier molecular flexibility index (Phi) is 5.01. The Morgan fingerprint density at radius 3 is 2.75 bits per heavy atom.